The van der Waals surface area contributed by atoms with Crippen LogP contribution in [0.5, 0.6) is 5.75 Å². The monoisotopic (exact) mass is 360 g/mol. The number of carbonyl (C=O) groups excluding carboxylic acids is 2. The van der Waals surface area contributed by atoms with Crippen molar-refractivity contribution in [3.8, 4) is 5.75 Å². The Kier molecular flexibility index (Phi) is 3.28. The maximum absolute atomic E-state index is 13.1. The van der Waals surface area contributed by atoms with E-state index < -0.39 is 46.4 Å². The third kappa shape index (κ3) is 1.86. The number of nitro benzene ring substituents is 1. The molecule has 3 heterocycles. The van der Waals surface area contributed by atoms with Gasteiger partial charge in [-0.2, -0.15) is 0 Å². The molecule has 4 atom stereocenters. The summed E-state index contributed by atoms with van der Waals surface area (Å²) in [6, 6.07) is 3.69. The molecule has 1 aromatic carbocycles. The topological polar surface area (TPSA) is 119 Å². The van der Waals surface area contributed by atoms with Gasteiger partial charge in [0.2, 0.25) is 11.8 Å². The van der Waals surface area contributed by atoms with Crippen LogP contribution >= 0.6 is 0 Å². The maximum Gasteiger partial charge on any atom is 0.273 e. The van der Waals surface area contributed by atoms with E-state index in [0.29, 0.717) is 0 Å². The van der Waals surface area contributed by atoms with E-state index in [0.717, 1.165) is 11.0 Å². The molecule has 9 nitrogen and oxygen atoms in total. The van der Waals surface area contributed by atoms with Crippen LogP contribution in [-0.4, -0.2) is 46.8 Å². The minimum absolute atomic E-state index is 0.0466. The maximum atomic E-state index is 13.1. The van der Waals surface area contributed by atoms with Crippen molar-refractivity contribution in [2.75, 3.05) is 18.6 Å². The molecule has 1 aromatic rings. The number of aliphatic hydroxyl groups is 1. The number of anilines is 1. The van der Waals surface area contributed by atoms with Crippen LogP contribution in [0.25, 0.3) is 0 Å². The molecule has 0 unspecified atom stereocenters. The van der Waals surface area contributed by atoms with E-state index in [2.05, 4.69) is 0 Å². The predicted octanol–water partition coefficient (Wildman–Crippen LogP) is 0.799. The highest BCUT2D eigenvalue weighted by Gasteiger charge is 2.72. The number of benzene rings is 1. The Morgan fingerprint density at radius 1 is 1.31 bits per heavy atom. The summed E-state index contributed by atoms with van der Waals surface area (Å²) in [5.74, 6) is -2.57. The van der Waals surface area contributed by atoms with Gasteiger partial charge in [0.15, 0.2) is 0 Å². The number of aliphatic hydroxyl groups excluding tert-OH is 1. The Balaban J connectivity index is 1.81. The second-order valence-electron chi connectivity index (χ2n) is 6.81. The van der Waals surface area contributed by atoms with Crippen molar-refractivity contribution < 1.29 is 29.1 Å². The Morgan fingerprint density at radius 3 is 2.62 bits per heavy atom. The quantitative estimate of drug-likeness (QED) is 0.365. The van der Waals surface area contributed by atoms with E-state index in [4.69, 9.17) is 9.47 Å². The molecule has 2 bridgehead atoms. The van der Waals surface area contributed by atoms with Crippen molar-refractivity contribution in [2.45, 2.75) is 18.1 Å². The number of ether oxygens (including phenoxy) is 2. The van der Waals surface area contributed by atoms with E-state index in [1.165, 1.54) is 19.2 Å². The highest BCUT2D eigenvalue weighted by atomic mass is 16.6. The van der Waals surface area contributed by atoms with Crippen molar-refractivity contribution in [1.82, 2.24) is 0 Å². The van der Waals surface area contributed by atoms with Gasteiger partial charge in [0, 0.05) is 6.07 Å². The van der Waals surface area contributed by atoms with Crippen LogP contribution in [0.2, 0.25) is 0 Å². The van der Waals surface area contributed by atoms with E-state index in [-0.39, 0.29) is 17.1 Å². The third-order valence-electron chi connectivity index (χ3n) is 5.42. The SMILES string of the molecule is COc1cc([N+](=O)[O-])ccc1N1C(=O)[C@H]2[C@H](C1=O)[C@@]1(CO)C=C[C@]2(C)O1. The first-order chi connectivity index (χ1) is 12.3. The fourth-order valence-corrected chi connectivity index (χ4v) is 4.24. The Labute approximate surface area is 147 Å². The molecular weight excluding hydrogens is 344 g/mol. The number of amides is 2. The van der Waals surface area contributed by atoms with Crippen LogP contribution in [0.15, 0.2) is 30.4 Å². The molecule has 1 N–H and O–H groups in total. The molecule has 4 rings (SSSR count). The van der Waals surface area contributed by atoms with Gasteiger partial charge in [-0.15, -0.1) is 0 Å². The van der Waals surface area contributed by atoms with Gasteiger partial charge in [-0.25, -0.2) is 4.90 Å². The number of rotatable bonds is 4. The zero-order valence-electron chi connectivity index (χ0n) is 14.0. The van der Waals surface area contributed by atoms with Crippen molar-refractivity contribution in [1.29, 1.82) is 0 Å². The van der Waals surface area contributed by atoms with Crippen molar-refractivity contribution in [2.24, 2.45) is 11.8 Å². The summed E-state index contributed by atoms with van der Waals surface area (Å²) < 4.78 is 11.0. The highest BCUT2D eigenvalue weighted by molar-refractivity contribution is 6.24. The summed E-state index contributed by atoms with van der Waals surface area (Å²) in [5, 5.41) is 20.8. The van der Waals surface area contributed by atoms with Crippen molar-refractivity contribution in [3.05, 3.63) is 40.5 Å². The van der Waals surface area contributed by atoms with Gasteiger partial charge in [0.25, 0.3) is 5.69 Å². The van der Waals surface area contributed by atoms with Gasteiger partial charge >= 0.3 is 0 Å². The smallest absolute Gasteiger partial charge is 0.273 e. The average Bonchev–Trinajstić information content (AvgIpc) is 3.20. The first kappa shape index (κ1) is 16.7. The van der Waals surface area contributed by atoms with Gasteiger partial charge in [0.05, 0.1) is 47.8 Å². The number of non-ortho nitro benzene ring substituents is 1. The zero-order valence-corrected chi connectivity index (χ0v) is 14.0. The lowest BCUT2D eigenvalue weighted by Crippen LogP contribution is -2.43. The Hall–Kier alpha value is -2.78. The first-order valence-electron chi connectivity index (χ1n) is 7.99. The van der Waals surface area contributed by atoms with Gasteiger partial charge in [-0.05, 0) is 13.0 Å². The molecule has 0 spiro atoms. The van der Waals surface area contributed by atoms with Gasteiger partial charge in [-0.1, -0.05) is 12.2 Å². The van der Waals surface area contributed by atoms with Crippen molar-refractivity contribution in [3.63, 3.8) is 0 Å². The molecule has 0 aromatic heterocycles. The van der Waals surface area contributed by atoms with E-state index in [1.54, 1.807) is 19.1 Å². The molecule has 0 aliphatic carbocycles. The summed E-state index contributed by atoms with van der Waals surface area (Å²) in [7, 11) is 1.30. The number of nitrogens with zero attached hydrogens (tertiary/aromatic N) is 2. The summed E-state index contributed by atoms with van der Waals surface area (Å²) in [4.78, 5) is 37.5. The van der Waals surface area contributed by atoms with Gasteiger partial charge in [-0.3, -0.25) is 19.7 Å². The van der Waals surface area contributed by atoms with E-state index >= 15 is 0 Å². The summed E-state index contributed by atoms with van der Waals surface area (Å²) in [6.45, 7) is 1.28. The highest BCUT2D eigenvalue weighted by Crippen LogP contribution is 2.58. The minimum Gasteiger partial charge on any atom is -0.494 e. The molecule has 3 aliphatic heterocycles. The normalized spacial score (nSPS) is 34.5. The summed E-state index contributed by atoms with van der Waals surface area (Å²) in [5.41, 5.74) is -2.29. The molecule has 26 heavy (non-hydrogen) atoms. The van der Waals surface area contributed by atoms with Gasteiger partial charge in [0.1, 0.15) is 11.4 Å². The third-order valence-corrected chi connectivity index (χ3v) is 5.42. The number of carbonyl (C=O) groups is 2. The molecule has 2 saturated heterocycles. The number of methoxy groups -OCH3 is 1. The lowest BCUT2D eigenvalue weighted by atomic mass is 9.73. The lowest BCUT2D eigenvalue weighted by Gasteiger charge is -2.27. The number of fused-ring (bicyclic) bond motifs is 5. The van der Waals surface area contributed by atoms with Crippen LogP contribution in [0.4, 0.5) is 11.4 Å². The molecule has 0 radical (unpaired) electrons. The first-order valence-corrected chi connectivity index (χ1v) is 7.99. The van der Waals surface area contributed by atoms with Gasteiger partial charge < -0.3 is 14.6 Å². The largest absolute Gasteiger partial charge is 0.494 e. The molecule has 2 amide bonds. The summed E-state index contributed by atoms with van der Waals surface area (Å²) in [6.07, 6.45) is 3.34. The molecule has 2 fully saturated rings. The van der Waals surface area contributed by atoms with Crippen LogP contribution in [0.1, 0.15) is 6.92 Å². The molecule has 9 heteroatoms. The molecular formula is C17H16N2O7. The predicted molar refractivity (Wildman–Crippen MR) is 87.6 cm³/mol. The second kappa shape index (κ2) is 5.12. The minimum atomic E-state index is -1.23. The lowest BCUT2D eigenvalue weighted by molar-refractivity contribution is -0.384. The molecule has 0 saturated carbocycles. The molecule has 3 aliphatic rings. The average molecular weight is 360 g/mol. The number of hydrogen-bond acceptors (Lipinski definition) is 7. The van der Waals surface area contributed by atoms with Crippen LogP contribution in [0.3, 0.4) is 0 Å². The number of hydrogen-bond donors (Lipinski definition) is 1. The summed E-state index contributed by atoms with van der Waals surface area (Å²) >= 11 is 0. The van der Waals surface area contributed by atoms with E-state index in [1.807, 2.05) is 0 Å². The Bertz CT molecular complexity index is 882. The van der Waals surface area contributed by atoms with Crippen molar-refractivity contribution >= 4 is 23.2 Å². The Morgan fingerprint density at radius 2 is 2.00 bits per heavy atom. The fourth-order valence-electron chi connectivity index (χ4n) is 4.24. The molecule has 136 valence electrons. The van der Waals surface area contributed by atoms with Crippen LogP contribution in [0, 0.1) is 22.0 Å². The van der Waals surface area contributed by atoms with Crippen LogP contribution in [-0.2, 0) is 14.3 Å². The van der Waals surface area contributed by atoms with Crippen LogP contribution < -0.4 is 9.64 Å². The van der Waals surface area contributed by atoms with E-state index in [9.17, 15) is 24.8 Å². The zero-order chi connectivity index (χ0) is 18.9. The second-order valence-corrected chi connectivity index (χ2v) is 6.81. The number of nitro groups is 1. The fraction of sp³-hybridized carbons (Fsp3) is 0.412. The standard InChI is InChI=1S/C17H16N2O7/c1-16-5-6-17(8-20,26-16)13-12(16)14(21)18(15(13)22)10-4-3-9(19(23)24)7-11(10)25-2/h3-7,12-13,20H,8H2,1-2H3/t12-,13-,16+,17+/m1/s1. The number of imide groups is 1.